The van der Waals surface area contributed by atoms with Crippen LogP contribution in [0.5, 0.6) is 0 Å². The third-order valence-corrected chi connectivity index (χ3v) is 6.10. The Hall–Kier alpha value is 0.200. The zero-order chi connectivity index (χ0) is 10.4. The molecule has 0 unspecified atom stereocenters. The summed E-state index contributed by atoms with van der Waals surface area (Å²) in [6, 6.07) is 0. The van der Waals surface area contributed by atoms with Crippen molar-refractivity contribution in [2.24, 2.45) is 5.92 Å². The fourth-order valence-corrected chi connectivity index (χ4v) is 3.92. The van der Waals surface area contributed by atoms with Crippen LogP contribution in [-0.4, -0.2) is 26.4 Å². The van der Waals surface area contributed by atoms with E-state index < -0.39 is 13.8 Å². The van der Waals surface area contributed by atoms with E-state index in [2.05, 4.69) is 0 Å². The second-order valence-electron chi connectivity index (χ2n) is 4.52. The van der Waals surface area contributed by atoms with E-state index in [0.29, 0.717) is 12.0 Å². The Balaban J connectivity index is 1.88. The van der Waals surface area contributed by atoms with Crippen molar-refractivity contribution < 1.29 is 13.2 Å². The summed E-state index contributed by atoms with van der Waals surface area (Å²) in [5.74, 6) is 0.496. The van der Waals surface area contributed by atoms with Gasteiger partial charge in [0, 0.05) is 17.8 Å². The second kappa shape index (κ2) is 3.35. The van der Waals surface area contributed by atoms with Crippen molar-refractivity contribution in [1.82, 2.24) is 0 Å². The van der Waals surface area contributed by atoms with E-state index in [-0.39, 0.29) is 0 Å². The Morgan fingerprint density at radius 2 is 2.00 bits per heavy atom. The average Bonchev–Trinajstić information content (AvgIpc) is 2.75. The van der Waals surface area contributed by atoms with Gasteiger partial charge in [0.05, 0.1) is 10.9 Å². The molecule has 3 nitrogen and oxygen atoms in total. The second-order valence-corrected chi connectivity index (χ2v) is 7.48. The van der Waals surface area contributed by atoms with Gasteiger partial charge in [-0.1, -0.05) is 0 Å². The fraction of sp³-hybridized carbons (Fsp3) is 1.00. The van der Waals surface area contributed by atoms with Gasteiger partial charge in [-0.25, -0.2) is 8.42 Å². The minimum atomic E-state index is -3.36. The van der Waals surface area contributed by atoms with Gasteiger partial charge >= 0.3 is 0 Å². The number of ether oxygens (including phenoxy) is 1. The molecule has 0 heterocycles. The van der Waals surface area contributed by atoms with E-state index in [1.165, 1.54) is 0 Å². The van der Waals surface area contributed by atoms with Gasteiger partial charge in [0.2, 0.25) is 9.05 Å². The summed E-state index contributed by atoms with van der Waals surface area (Å²) in [4.78, 5) is 0. The number of methoxy groups -OCH3 is 1. The summed E-state index contributed by atoms with van der Waals surface area (Å²) in [7, 11) is 3.77. The molecule has 0 aromatic carbocycles. The average molecular weight is 239 g/mol. The standard InChI is InChI=1S/C9H15ClO3S/c1-13-8-4-7(5-8)6-9(2-3-9)14(10,11)12/h7-8H,2-6H2,1H3. The van der Waals surface area contributed by atoms with Crippen LogP contribution in [0.2, 0.25) is 0 Å². The lowest BCUT2D eigenvalue weighted by molar-refractivity contribution is -0.00236. The Labute approximate surface area is 89.2 Å². The lowest BCUT2D eigenvalue weighted by Crippen LogP contribution is -2.34. The highest BCUT2D eigenvalue weighted by Crippen LogP contribution is 2.53. The van der Waals surface area contributed by atoms with Crippen LogP contribution in [0.15, 0.2) is 0 Å². The van der Waals surface area contributed by atoms with E-state index in [4.69, 9.17) is 15.4 Å². The van der Waals surface area contributed by atoms with Crippen molar-refractivity contribution >= 4 is 19.7 Å². The first kappa shape index (κ1) is 10.7. The number of rotatable bonds is 4. The first-order valence-corrected chi connectivity index (χ1v) is 7.25. The zero-order valence-corrected chi connectivity index (χ0v) is 9.77. The van der Waals surface area contributed by atoms with Crippen molar-refractivity contribution in [2.75, 3.05) is 7.11 Å². The predicted molar refractivity (Wildman–Crippen MR) is 54.9 cm³/mol. The minimum Gasteiger partial charge on any atom is -0.381 e. The molecule has 0 aliphatic heterocycles. The van der Waals surface area contributed by atoms with Crippen LogP contribution in [0, 0.1) is 5.92 Å². The van der Waals surface area contributed by atoms with Gasteiger partial charge in [0.1, 0.15) is 0 Å². The molecule has 2 rings (SSSR count). The monoisotopic (exact) mass is 238 g/mol. The van der Waals surface area contributed by atoms with Crippen LogP contribution in [0.25, 0.3) is 0 Å². The van der Waals surface area contributed by atoms with Crippen molar-refractivity contribution in [1.29, 1.82) is 0 Å². The third kappa shape index (κ3) is 1.79. The summed E-state index contributed by atoms with van der Waals surface area (Å²) >= 11 is 0. The molecule has 82 valence electrons. The zero-order valence-electron chi connectivity index (χ0n) is 8.20. The molecule has 0 saturated heterocycles. The lowest BCUT2D eigenvalue weighted by atomic mass is 9.79. The molecule has 0 atom stereocenters. The maximum absolute atomic E-state index is 11.3. The molecule has 0 aromatic heterocycles. The van der Waals surface area contributed by atoms with Gasteiger partial charge in [-0.2, -0.15) is 0 Å². The molecule has 2 fully saturated rings. The largest absolute Gasteiger partial charge is 0.381 e. The van der Waals surface area contributed by atoms with E-state index in [0.717, 1.165) is 32.1 Å². The summed E-state index contributed by atoms with van der Waals surface area (Å²) in [5, 5.41) is 0. The van der Waals surface area contributed by atoms with Crippen LogP contribution >= 0.6 is 10.7 Å². The van der Waals surface area contributed by atoms with Gasteiger partial charge < -0.3 is 4.74 Å². The summed E-state index contributed by atoms with van der Waals surface area (Å²) < 4.78 is 27.1. The van der Waals surface area contributed by atoms with Gasteiger partial charge in [-0.15, -0.1) is 0 Å². The Morgan fingerprint density at radius 1 is 1.43 bits per heavy atom. The van der Waals surface area contributed by atoms with Crippen molar-refractivity contribution in [2.45, 2.75) is 43.0 Å². The molecule has 0 aromatic rings. The molecule has 0 bridgehead atoms. The topological polar surface area (TPSA) is 43.4 Å². The van der Waals surface area contributed by atoms with E-state index in [1.54, 1.807) is 7.11 Å². The predicted octanol–water partition coefficient (Wildman–Crippen LogP) is 1.90. The maximum Gasteiger partial charge on any atom is 0.238 e. The summed E-state index contributed by atoms with van der Waals surface area (Å²) in [6.45, 7) is 0. The highest BCUT2D eigenvalue weighted by atomic mass is 35.7. The molecule has 14 heavy (non-hydrogen) atoms. The van der Waals surface area contributed by atoms with E-state index in [1.807, 2.05) is 0 Å². The quantitative estimate of drug-likeness (QED) is 0.703. The van der Waals surface area contributed by atoms with E-state index in [9.17, 15) is 8.42 Å². The van der Waals surface area contributed by atoms with Gasteiger partial charge in [0.25, 0.3) is 0 Å². The molecule has 0 N–H and O–H groups in total. The number of hydrogen-bond donors (Lipinski definition) is 0. The lowest BCUT2D eigenvalue weighted by Gasteiger charge is -2.35. The van der Waals surface area contributed by atoms with E-state index >= 15 is 0 Å². The highest BCUT2D eigenvalue weighted by molar-refractivity contribution is 8.15. The fourth-order valence-electron chi connectivity index (χ4n) is 2.25. The molecule has 2 saturated carbocycles. The molecule has 2 aliphatic carbocycles. The van der Waals surface area contributed by atoms with Crippen LogP contribution in [0.1, 0.15) is 32.1 Å². The summed E-state index contributed by atoms with van der Waals surface area (Å²) in [6.07, 6.45) is 4.54. The Kier molecular flexibility index (Phi) is 2.57. The molecule has 0 spiro atoms. The molecular weight excluding hydrogens is 224 g/mol. The Morgan fingerprint density at radius 3 is 2.36 bits per heavy atom. The van der Waals surface area contributed by atoms with Crippen molar-refractivity contribution in [3.05, 3.63) is 0 Å². The van der Waals surface area contributed by atoms with Crippen LogP contribution < -0.4 is 0 Å². The number of hydrogen-bond acceptors (Lipinski definition) is 3. The normalized spacial score (nSPS) is 35.0. The summed E-state index contributed by atoms with van der Waals surface area (Å²) in [5.41, 5.74) is 0. The van der Waals surface area contributed by atoms with Crippen LogP contribution in [0.3, 0.4) is 0 Å². The molecule has 5 heteroatoms. The van der Waals surface area contributed by atoms with Crippen LogP contribution in [-0.2, 0) is 13.8 Å². The first-order valence-electron chi connectivity index (χ1n) is 4.94. The highest BCUT2D eigenvalue weighted by Gasteiger charge is 2.55. The van der Waals surface area contributed by atoms with Gasteiger partial charge in [-0.3, -0.25) is 0 Å². The van der Waals surface area contributed by atoms with Gasteiger partial charge in [-0.05, 0) is 38.0 Å². The first-order chi connectivity index (χ1) is 6.47. The van der Waals surface area contributed by atoms with Gasteiger partial charge in [0.15, 0.2) is 0 Å². The molecule has 0 amide bonds. The molecule has 2 aliphatic rings. The number of halogens is 1. The van der Waals surface area contributed by atoms with Crippen molar-refractivity contribution in [3.63, 3.8) is 0 Å². The Bertz CT molecular complexity index is 315. The maximum atomic E-state index is 11.3. The van der Waals surface area contributed by atoms with Crippen LogP contribution in [0.4, 0.5) is 0 Å². The third-order valence-electron chi connectivity index (χ3n) is 3.51. The van der Waals surface area contributed by atoms with Crippen molar-refractivity contribution in [3.8, 4) is 0 Å². The smallest absolute Gasteiger partial charge is 0.238 e. The minimum absolute atomic E-state index is 0.342. The molecule has 0 radical (unpaired) electrons. The SMILES string of the molecule is COC1CC(CC2(S(=O)(=O)Cl)CC2)C1. The molecular formula is C9H15ClO3S.